The molecule has 4 nitrogen and oxygen atoms in total. The van der Waals surface area contributed by atoms with Gasteiger partial charge in [-0.25, -0.2) is 8.42 Å². The number of amides is 1. The first-order valence-electron chi connectivity index (χ1n) is 7.35. The molecule has 1 aromatic rings. The molecule has 134 valence electrons. The second kappa shape index (κ2) is 7.35. The normalized spacial score (nSPS) is 21.4. The van der Waals surface area contributed by atoms with Crippen LogP contribution in [-0.4, -0.2) is 37.1 Å². The Morgan fingerprint density at radius 3 is 2.46 bits per heavy atom. The Labute approximate surface area is 143 Å². The highest BCUT2D eigenvalue weighted by Crippen LogP contribution is 2.29. The molecule has 2 rings (SSSR count). The third kappa shape index (κ3) is 5.41. The summed E-state index contributed by atoms with van der Waals surface area (Å²) in [7, 11) is -3.05. The molecule has 1 fully saturated rings. The third-order valence-electron chi connectivity index (χ3n) is 3.73. The van der Waals surface area contributed by atoms with Crippen LogP contribution in [0.2, 0.25) is 0 Å². The Bertz CT molecular complexity index is 687. The number of carbonyl (C=O) groups is 1. The highest BCUT2D eigenvalue weighted by molar-refractivity contribution is 7.99. The zero-order chi connectivity index (χ0) is 18.0. The molecule has 1 aliphatic heterocycles. The van der Waals surface area contributed by atoms with Gasteiger partial charge in [-0.3, -0.25) is 4.79 Å². The van der Waals surface area contributed by atoms with Gasteiger partial charge < -0.3 is 5.32 Å². The first kappa shape index (κ1) is 19.1. The lowest BCUT2D eigenvalue weighted by Crippen LogP contribution is -2.40. The van der Waals surface area contributed by atoms with Gasteiger partial charge in [-0.05, 0) is 31.0 Å². The molecule has 0 bridgehead atoms. The standard InChI is InChI=1S/C15H18F3NO3S2/c1-10(14(20)19-13-6-7-24(21,22)9-13)23-8-11-2-4-12(5-3-11)15(16,17)18/h2-5,10,13H,6-9H2,1H3,(H,19,20)/t10-,13+/m1/s1. The van der Waals surface area contributed by atoms with Crippen molar-refractivity contribution in [1.82, 2.24) is 5.32 Å². The summed E-state index contributed by atoms with van der Waals surface area (Å²) in [5, 5.41) is 2.29. The lowest BCUT2D eigenvalue weighted by molar-refractivity contribution is -0.137. The summed E-state index contributed by atoms with van der Waals surface area (Å²) in [5.41, 5.74) is -0.0134. The van der Waals surface area contributed by atoms with Crippen LogP contribution < -0.4 is 5.32 Å². The van der Waals surface area contributed by atoms with Crippen LogP contribution in [0.25, 0.3) is 0 Å². The molecule has 0 aromatic heterocycles. The fourth-order valence-electron chi connectivity index (χ4n) is 2.31. The number of alkyl halides is 3. The number of benzene rings is 1. The number of hydrogen-bond donors (Lipinski definition) is 1. The minimum atomic E-state index is -4.36. The highest BCUT2D eigenvalue weighted by Gasteiger charge is 2.31. The lowest BCUT2D eigenvalue weighted by Gasteiger charge is -2.16. The van der Waals surface area contributed by atoms with E-state index in [2.05, 4.69) is 5.32 Å². The number of carbonyl (C=O) groups excluding carboxylic acids is 1. The van der Waals surface area contributed by atoms with Crippen molar-refractivity contribution in [3.05, 3.63) is 35.4 Å². The van der Waals surface area contributed by atoms with Crippen molar-refractivity contribution < 1.29 is 26.4 Å². The number of nitrogens with one attached hydrogen (secondary N) is 1. The van der Waals surface area contributed by atoms with Crippen molar-refractivity contribution in [2.24, 2.45) is 0 Å². The van der Waals surface area contributed by atoms with Gasteiger partial charge in [0.2, 0.25) is 5.91 Å². The molecular weight excluding hydrogens is 363 g/mol. The molecule has 0 saturated carbocycles. The number of halogens is 3. The first-order valence-corrected chi connectivity index (χ1v) is 10.2. The molecule has 0 radical (unpaired) electrons. The summed E-state index contributed by atoms with van der Waals surface area (Å²) in [6, 6.07) is 4.47. The molecule has 1 aliphatic rings. The topological polar surface area (TPSA) is 63.2 Å². The van der Waals surface area contributed by atoms with Crippen molar-refractivity contribution in [3.63, 3.8) is 0 Å². The van der Waals surface area contributed by atoms with Crippen LogP contribution in [-0.2, 0) is 26.6 Å². The van der Waals surface area contributed by atoms with Crippen LogP contribution in [0.5, 0.6) is 0 Å². The monoisotopic (exact) mass is 381 g/mol. The zero-order valence-electron chi connectivity index (χ0n) is 13.0. The minimum absolute atomic E-state index is 0.0327. The molecule has 1 heterocycles. The van der Waals surface area contributed by atoms with Crippen LogP contribution >= 0.6 is 11.8 Å². The molecule has 1 N–H and O–H groups in total. The van der Waals surface area contributed by atoms with Gasteiger partial charge in [0.05, 0.1) is 22.3 Å². The fraction of sp³-hybridized carbons (Fsp3) is 0.533. The molecule has 0 aliphatic carbocycles. The van der Waals surface area contributed by atoms with Crippen LogP contribution in [0.1, 0.15) is 24.5 Å². The maximum atomic E-state index is 12.5. The fourth-order valence-corrected chi connectivity index (χ4v) is 4.84. The number of hydrogen-bond acceptors (Lipinski definition) is 4. The van der Waals surface area contributed by atoms with E-state index in [4.69, 9.17) is 0 Å². The van der Waals surface area contributed by atoms with Gasteiger partial charge in [-0.1, -0.05) is 12.1 Å². The van der Waals surface area contributed by atoms with Gasteiger partial charge in [0.1, 0.15) is 0 Å². The zero-order valence-corrected chi connectivity index (χ0v) is 14.6. The summed E-state index contributed by atoms with van der Waals surface area (Å²) in [6.45, 7) is 1.69. The number of sulfone groups is 1. The third-order valence-corrected chi connectivity index (χ3v) is 6.71. The van der Waals surface area contributed by atoms with E-state index in [0.717, 1.165) is 12.1 Å². The lowest BCUT2D eigenvalue weighted by atomic mass is 10.1. The molecule has 0 spiro atoms. The summed E-state index contributed by atoms with van der Waals surface area (Å²) in [5.74, 6) is 0.199. The van der Waals surface area contributed by atoms with Crippen molar-refractivity contribution in [2.45, 2.75) is 36.6 Å². The molecule has 2 atom stereocenters. The Hall–Kier alpha value is -1.22. The molecule has 24 heavy (non-hydrogen) atoms. The van der Waals surface area contributed by atoms with E-state index in [1.54, 1.807) is 6.92 Å². The Morgan fingerprint density at radius 1 is 1.33 bits per heavy atom. The van der Waals surface area contributed by atoms with E-state index in [0.29, 0.717) is 17.7 Å². The Kier molecular flexibility index (Phi) is 5.85. The molecule has 1 amide bonds. The van der Waals surface area contributed by atoms with Gasteiger partial charge in [0.15, 0.2) is 9.84 Å². The van der Waals surface area contributed by atoms with Gasteiger partial charge in [-0.2, -0.15) is 13.2 Å². The van der Waals surface area contributed by atoms with E-state index in [-0.39, 0.29) is 23.5 Å². The van der Waals surface area contributed by atoms with Gasteiger partial charge in [-0.15, -0.1) is 11.8 Å². The van der Waals surface area contributed by atoms with E-state index < -0.39 is 26.8 Å². The average Bonchev–Trinajstić information content (AvgIpc) is 2.83. The van der Waals surface area contributed by atoms with Gasteiger partial charge >= 0.3 is 6.18 Å². The van der Waals surface area contributed by atoms with Crippen LogP contribution in [0.15, 0.2) is 24.3 Å². The second-order valence-corrected chi connectivity index (χ2v) is 9.31. The van der Waals surface area contributed by atoms with Crippen LogP contribution in [0, 0.1) is 0 Å². The van der Waals surface area contributed by atoms with Crippen LogP contribution in [0.3, 0.4) is 0 Å². The maximum Gasteiger partial charge on any atom is 0.416 e. The van der Waals surface area contributed by atoms with Crippen molar-refractivity contribution >= 4 is 27.5 Å². The predicted octanol–water partition coefficient (Wildman–Crippen LogP) is 2.63. The molecular formula is C15H18F3NO3S2. The minimum Gasteiger partial charge on any atom is -0.351 e. The van der Waals surface area contributed by atoms with E-state index in [1.807, 2.05) is 0 Å². The van der Waals surface area contributed by atoms with E-state index in [1.165, 1.54) is 23.9 Å². The number of rotatable bonds is 5. The quantitative estimate of drug-likeness (QED) is 0.852. The molecule has 1 aromatic carbocycles. The van der Waals surface area contributed by atoms with Gasteiger partial charge in [0.25, 0.3) is 0 Å². The van der Waals surface area contributed by atoms with Crippen molar-refractivity contribution in [3.8, 4) is 0 Å². The average molecular weight is 381 g/mol. The summed E-state index contributed by atoms with van der Waals surface area (Å²) < 4.78 is 60.2. The van der Waals surface area contributed by atoms with Crippen molar-refractivity contribution in [2.75, 3.05) is 11.5 Å². The predicted molar refractivity (Wildman–Crippen MR) is 87.4 cm³/mol. The van der Waals surface area contributed by atoms with Gasteiger partial charge in [0, 0.05) is 11.8 Å². The maximum absolute atomic E-state index is 12.5. The first-order chi connectivity index (χ1) is 11.1. The number of thioether (sulfide) groups is 1. The van der Waals surface area contributed by atoms with Crippen LogP contribution in [0.4, 0.5) is 13.2 Å². The summed E-state index contributed by atoms with van der Waals surface area (Å²) >= 11 is 1.29. The second-order valence-electron chi connectivity index (χ2n) is 5.76. The highest BCUT2D eigenvalue weighted by atomic mass is 32.2. The molecule has 9 heteroatoms. The smallest absolute Gasteiger partial charge is 0.351 e. The Balaban J connectivity index is 1.82. The molecule has 1 saturated heterocycles. The largest absolute Gasteiger partial charge is 0.416 e. The van der Waals surface area contributed by atoms with E-state index >= 15 is 0 Å². The summed E-state index contributed by atoms with van der Waals surface area (Å²) in [6.07, 6.45) is -3.94. The Morgan fingerprint density at radius 2 is 1.96 bits per heavy atom. The molecule has 0 unspecified atom stereocenters. The van der Waals surface area contributed by atoms with E-state index in [9.17, 15) is 26.4 Å². The SMILES string of the molecule is C[C@@H](SCc1ccc(C(F)(F)F)cc1)C(=O)N[C@H]1CCS(=O)(=O)C1. The van der Waals surface area contributed by atoms with Crippen molar-refractivity contribution in [1.29, 1.82) is 0 Å². The summed E-state index contributed by atoms with van der Waals surface area (Å²) in [4.78, 5) is 12.0.